The molecule has 1 fully saturated rings. The number of halogens is 1. The summed E-state index contributed by atoms with van der Waals surface area (Å²) in [5, 5.41) is 6.85. The van der Waals surface area contributed by atoms with E-state index in [4.69, 9.17) is 30.5 Å². The number of carbonyl (C=O) groups excluding carboxylic acids is 2. The first-order valence-corrected chi connectivity index (χ1v) is 14.2. The van der Waals surface area contributed by atoms with Crippen molar-refractivity contribution in [3.63, 3.8) is 0 Å². The van der Waals surface area contributed by atoms with E-state index in [0.717, 1.165) is 5.69 Å². The highest BCUT2D eigenvalue weighted by Gasteiger charge is 2.32. The second kappa shape index (κ2) is 12.1. The highest BCUT2D eigenvalue weighted by Crippen LogP contribution is 2.43. The minimum absolute atomic E-state index is 0.0328. The number of hydrogen-bond acceptors (Lipinski definition) is 8. The molecule has 0 radical (unpaired) electrons. The summed E-state index contributed by atoms with van der Waals surface area (Å²) in [6.07, 6.45) is 3.16. The molecule has 1 aromatic carbocycles. The van der Waals surface area contributed by atoms with Crippen LogP contribution in [0.5, 0.6) is 11.5 Å². The molecule has 5 rings (SSSR count). The van der Waals surface area contributed by atoms with Crippen molar-refractivity contribution >= 4 is 35.0 Å². The number of ether oxygens (including phenoxy) is 4. The number of aromatic amines is 1. The van der Waals surface area contributed by atoms with E-state index < -0.39 is 5.60 Å². The molecular weight excluding hydrogens is 562 g/mol. The Kier molecular flexibility index (Phi) is 8.51. The van der Waals surface area contributed by atoms with Crippen molar-refractivity contribution in [2.75, 3.05) is 38.7 Å². The van der Waals surface area contributed by atoms with E-state index in [2.05, 4.69) is 20.6 Å². The molecule has 2 atom stereocenters. The summed E-state index contributed by atoms with van der Waals surface area (Å²) in [5.74, 6) is 0.757. The van der Waals surface area contributed by atoms with Gasteiger partial charge in [-0.05, 0) is 45.9 Å². The fourth-order valence-corrected chi connectivity index (χ4v) is 5.33. The molecule has 4 heterocycles. The fraction of sp³-hybridized carbons (Fsp3) is 0.433. The van der Waals surface area contributed by atoms with Gasteiger partial charge in [0, 0.05) is 36.5 Å². The van der Waals surface area contributed by atoms with Gasteiger partial charge in [-0.1, -0.05) is 17.7 Å². The summed E-state index contributed by atoms with van der Waals surface area (Å²) in [5.41, 5.74) is 3.25. The van der Waals surface area contributed by atoms with Crippen LogP contribution in [0.4, 0.5) is 16.2 Å². The summed E-state index contributed by atoms with van der Waals surface area (Å²) in [4.78, 5) is 35.2. The molecule has 11 nitrogen and oxygen atoms in total. The predicted molar refractivity (Wildman–Crippen MR) is 159 cm³/mol. The monoisotopic (exact) mass is 597 g/mol. The van der Waals surface area contributed by atoms with Crippen LogP contribution in [0.15, 0.2) is 36.7 Å². The highest BCUT2D eigenvalue weighted by atomic mass is 35.5. The first-order valence-electron chi connectivity index (χ1n) is 13.9. The topological polar surface area (TPSA) is 127 Å². The van der Waals surface area contributed by atoms with Crippen molar-refractivity contribution in [3.8, 4) is 22.8 Å². The number of H-pyrrole nitrogens is 1. The second-order valence-corrected chi connectivity index (χ2v) is 11.8. The highest BCUT2D eigenvalue weighted by molar-refractivity contribution is 6.32. The number of nitrogens with one attached hydrogen (secondary N) is 3. The van der Waals surface area contributed by atoms with Crippen LogP contribution in [0.25, 0.3) is 11.3 Å². The maximum Gasteiger partial charge on any atom is 0.410 e. The quantitative estimate of drug-likeness (QED) is 0.340. The standard InChI is InChI=1S/C30H36ClN5O6/c1-17-13-22-24(28(37)33-17)26(34-21-8-6-7-20(31)27(21)39-5)25(35-22)19-9-10-32-14-23(19)41-16-18-15-36(11-12-40-18)29(38)42-30(2,3)4/h6-10,14,17-18,34-35H,11-13,15-16H2,1-5H3,(H,33,37)/t17-,18+/m1/s1. The van der Waals surface area contributed by atoms with Crippen molar-refractivity contribution in [3.05, 3.63) is 52.9 Å². The Hall–Kier alpha value is -3.96. The zero-order valence-electron chi connectivity index (χ0n) is 24.4. The number of carbonyl (C=O) groups is 2. The van der Waals surface area contributed by atoms with E-state index in [-0.39, 0.29) is 30.8 Å². The second-order valence-electron chi connectivity index (χ2n) is 11.4. The van der Waals surface area contributed by atoms with Crippen LogP contribution >= 0.6 is 11.6 Å². The molecule has 2 aliphatic rings. The molecule has 0 unspecified atom stereocenters. The van der Waals surface area contributed by atoms with Crippen LogP contribution in [0.3, 0.4) is 0 Å². The molecule has 0 aliphatic carbocycles. The van der Waals surface area contributed by atoms with Gasteiger partial charge in [-0.25, -0.2) is 4.79 Å². The maximum atomic E-state index is 13.2. The normalized spacial score (nSPS) is 18.6. The van der Waals surface area contributed by atoms with Gasteiger partial charge in [0.15, 0.2) is 5.75 Å². The van der Waals surface area contributed by atoms with Crippen LogP contribution in [-0.2, 0) is 15.9 Å². The van der Waals surface area contributed by atoms with Gasteiger partial charge in [-0.3, -0.25) is 9.78 Å². The Balaban J connectivity index is 1.44. The SMILES string of the molecule is COc1c(Cl)cccc1Nc1c(-c2ccncc2OC[C@@H]2CN(C(=O)OC(C)(C)C)CCO2)[nH]c2c1C(=O)N[C@H](C)C2. The average molecular weight is 598 g/mol. The molecule has 12 heteroatoms. The Morgan fingerprint density at radius 3 is 2.86 bits per heavy atom. The van der Waals surface area contributed by atoms with Crippen molar-refractivity contribution in [1.82, 2.24) is 20.2 Å². The van der Waals surface area contributed by atoms with Gasteiger partial charge >= 0.3 is 6.09 Å². The van der Waals surface area contributed by atoms with E-state index in [9.17, 15) is 9.59 Å². The molecule has 224 valence electrons. The Morgan fingerprint density at radius 2 is 2.10 bits per heavy atom. The number of methoxy groups -OCH3 is 1. The van der Waals surface area contributed by atoms with Crippen LogP contribution in [0.1, 0.15) is 43.7 Å². The van der Waals surface area contributed by atoms with E-state index in [1.165, 1.54) is 0 Å². The summed E-state index contributed by atoms with van der Waals surface area (Å²) in [6, 6.07) is 7.16. The predicted octanol–water partition coefficient (Wildman–Crippen LogP) is 5.17. The molecule has 2 aliphatic heterocycles. The molecule has 2 amide bonds. The number of hydrogen-bond donors (Lipinski definition) is 3. The van der Waals surface area contributed by atoms with Gasteiger partial charge in [0.05, 0.1) is 54.1 Å². The lowest BCUT2D eigenvalue weighted by Crippen LogP contribution is -2.49. The lowest BCUT2D eigenvalue weighted by molar-refractivity contribution is -0.0556. The number of rotatable bonds is 7. The zero-order valence-corrected chi connectivity index (χ0v) is 25.1. The number of aromatic nitrogens is 2. The average Bonchev–Trinajstić information content (AvgIpc) is 3.29. The minimum atomic E-state index is -0.587. The van der Waals surface area contributed by atoms with Gasteiger partial charge < -0.3 is 39.5 Å². The van der Waals surface area contributed by atoms with E-state index in [1.54, 1.807) is 36.5 Å². The van der Waals surface area contributed by atoms with Crippen molar-refractivity contribution in [1.29, 1.82) is 0 Å². The summed E-state index contributed by atoms with van der Waals surface area (Å²) in [7, 11) is 1.54. The third-order valence-electron chi connectivity index (χ3n) is 6.89. The van der Waals surface area contributed by atoms with Gasteiger partial charge in [0.1, 0.15) is 24.1 Å². The minimum Gasteiger partial charge on any atom is -0.493 e. The van der Waals surface area contributed by atoms with Crippen LogP contribution < -0.4 is 20.1 Å². The molecule has 1 saturated heterocycles. The molecule has 0 saturated carbocycles. The van der Waals surface area contributed by atoms with Crippen LogP contribution in [0, 0.1) is 0 Å². The van der Waals surface area contributed by atoms with Gasteiger partial charge in [0.25, 0.3) is 5.91 Å². The number of fused-ring (bicyclic) bond motifs is 1. The Labute approximate surface area is 249 Å². The van der Waals surface area contributed by atoms with Gasteiger partial charge in [-0.15, -0.1) is 0 Å². The number of pyridine rings is 1. The first-order chi connectivity index (χ1) is 20.0. The van der Waals surface area contributed by atoms with Gasteiger partial charge in [0.2, 0.25) is 0 Å². The number of anilines is 2. The molecule has 2 aromatic heterocycles. The number of amides is 2. The van der Waals surface area contributed by atoms with E-state index in [0.29, 0.717) is 70.8 Å². The van der Waals surface area contributed by atoms with E-state index in [1.807, 2.05) is 39.8 Å². The molecule has 42 heavy (non-hydrogen) atoms. The lowest BCUT2D eigenvalue weighted by atomic mass is 10.0. The number of benzene rings is 1. The van der Waals surface area contributed by atoms with Crippen LogP contribution in [0.2, 0.25) is 5.02 Å². The summed E-state index contributed by atoms with van der Waals surface area (Å²) in [6.45, 7) is 8.81. The van der Waals surface area contributed by atoms with Crippen molar-refractivity contribution in [2.24, 2.45) is 0 Å². The Bertz CT molecular complexity index is 1470. The summed E-state index contributed by atoms with van der Waals surface area (Å²) < 4.78 is 23.2. The number of morpholine rings is 1. The zero-order chi connectivity index (χ0) is 30.0. The fourth-order valence-electron chi connectivity index (χ4n) is 5.08. The molecule has 0 spiro atoms. The molecular formula is C30H36ClN5O6. The molecule has 3 aromatic rings. The van der Waals surface area contributed by atoms with Crippen molar-refractivity contribution in [2.45, 2.75) is 51.9 Å². The third kappa shape index (κ3) is 6.42. The lowest BCUT2D eigenvalue weighted by Gasteiger charge is -2.34. The molecule has 3 N–H and O–H groups in total. The van der Waals surface area contributed by atoms with Crippen LogP contribution in [-0.4, -0.2) is 78.0 Å². The number of nitrogens with zero attached hydrogens (tertiary/aromatic N) is 2. The van der Waals surface area contributed by atoms with Gasteiger partial charge in [-0.2, -0.15) is 0 Å². The summed E-state index contributed by atoms with van der Waals surface area (Å²) >= 11 is 6.39. The molecule has 0 bridgehead atoms. The third-order valence-corrected chi connectivity index (χ3v) is 7.19. The van der Waals surface area contributed by atoms with Crippen molar-refractivity contribution < 1.29 is 28.5 Å². The maximum absolute atomic E-state index is 13.2. The van der Waals surface area contributed by atoms with E-state index >= 15 is 0 Å². The number of para-hydroxylation sites is 1. The largest absolute Gasteiger partial charge is 0.493 e. The first kappa shape index (κ1) is 29.5. The smallest absolute Gasteiger partial charge is 0.410 e. The Morgan fingerprint density at radius 1 is 1.29 bits per heavy atom.